The molecule has 1 aromatic carbocycles. The Kier molecular flexibility index (Phi) is 7.05. The van der Waals surface area contributed by atoms with E-state index in [0.717, 1.165) is 26.2 Å². The minimum atomic E-state index is -0.790. The van der Waals surface area contributed by atoms with Gasteiger partial charge in [0.2, 0.25) is 17.7 Å². The van der Waals surface area contributed by atoms with E-state index in [1.54, 1.807) is 36.3 Å². The highest BCUT2D eigenvalue weighted by atomic mass is 16.5. The van der Waals surface area contributed by atoms with Gasteiger partial charge in [-0.2, -0.15) is 0 Å². The number of anilines is 1. The predicted octanol–water partition coefficient (Wildman–Crippen LogP) is -0.402. The van der Waals surface area contributed by atoms with Crippen LogP contribution in [0.5, 0.6) is 5.75 Å². The fraction of sp³-hybridized carbons (Fsp3) is 0.550. The van der Waals surface area contributed by atoms with E-state index in [-0.39, 0.29) is 30.7 Å². The lowest BCUT2D eigenvalue weighted by atomic mass is 10.1. The first kappa shape index (κ1) is 21.1. The van der Waals surface area contributed by atoms with Gasteiger partial charge in [0.25, 0.3) is 0 Å². The molecular formula is C20H29N5O4. The Hall–Kier alpha value is -2.65. The summed E-state index contributed by atoms with van der Waals surface area (Å²) < 4.78 is 5.10. The van der Waals surface area contributed by atoms with Gasteiger partial charge in [0.05, 0.1) is 20.1 Å². The van der Waals surface area contributed by atoms with Crippen molar-refractivity contribution in [1.82, 2.24) is 20.0 Å². The molecule has 2 fully saturated rings. The summed E-state index contributed by atoms with van der Waals surface area (Å²) in [5, 5.41) is 5.54. The van der Waals surface area contributed by atoms with Gasteiger partial charge < -0.3 is 25.2 Å². The number of methoxy groups -OCH3 is 1. The number of likely N-dealkylation sites (N-methyl/N-ethyl adjacent to an activating group) is 1. The van der Waals surface area contributed by atoms with Crippen LogP contribution >= 0.6 is 0 Å². The maximum atomic E-state index is 12.9. The average Bonchev–Trinajstić information content (AvgIpc) is 2.71. The van der Waals surface area contributed by atoms with Crippen molar-refractivity contribution >= 4 is 23.4 Å². The van der Waals surface area contributed by atoms with E-state index in [2.05, 4.69) is 27.5 Å². The zero-order valence-electron chi connectivity index (χ0n) is 17.0. The minimum absolute atomic E-state index is 0.0770. The molecule has 2 aliphatic rings. The van der Waals surface area contributed by atoms with Crippen LogP contribution in [0.2, 0.25) is 0 Å². The summed E-state index contributed by atoms with van der Waals surface area (Å²) >= 11 is 0. The van der Waals surface area contributed by atoms with Gasteiger partial charge in [-0.15, -0.1) is 0 Å². The summed E-state index contributed by atoms with van der Waals surface area (Å²) in [7, 11) is 3.63. The second-order valence-corrected chi connectivity index (χ2v) is 7.45. The van der Waals surface area contributed by atoms with Gasteiger partial charge in [0.1, 0.15) is 11.8 Å². The van der Waals surface area contributed by atoms with Crippen LogP contribution < -0.4 is 15.4 Å². The van der Waals surface area contributed by atoms with Crippen molar-refractivity contribution in [2.24, 2.45) is 0 Å². The fourth-order valence-electron chi connectivity index (χ4n) is 3.57. The zero-order chi connectivity index (χ0) is 20.8. The van der Waals surface area contributed by atoms with Gasteiger partial charge in [0.15, 0.2) is 0 Å². The fourth-order valence-corrected chi connectivity index (χ4v) is 3.57. The summed E-state index contributed by atoms with van der Waals surface area (Å²) in [6, 6.07) is 6.16. The number of benzene rings is 1. The molecule has 3 amide bonds. The second-order valence-electron chi connectivity index (χ2n) is 7.45. The zero-order valence-corrected chi connectivity index (χ0v) is 17.0. The van der Waals surface area contributed by atoms with Gasteiger partial charge in [-0.3, -0.25) is 19.3 Å². The summed E-state index contributed by atoms with van der Waals surface area (Å²) in [5.41, 5.74) is 0.613. The molecule has 158 valence electrons. The largest absolute Gasteiger partial charge is 0.497 e. The maximum Gasteiger partial charge on any atom is 0.243 e. The Morgan fingerprint density at radius 2 is 1.83 bits per heavy atom. The monoisotopic (exact) mass is 403 g/mol. The number of piperazine rings is 2. The van der Waals surface area contributed by atoms with Crippen LogP contribution in [0.1, 0.15) is 6.42 Å². The molecule has 1 aromatic rings. The minimum Gasteiger partial charge on any atom is -0.497 e. The predicted molar refractivity (Wildman–Crippen MR) is 109 cm³/mol. The van der Waals surface area contributed by atoms with Crippen molar-refractivity contribution in [3.05, 3.63) is 24.3 Å². The molecule has 9 heteroatoms. The third-order valence-corrected chi connectivity index (χ3v) is 5.36. The standard InChI is InChI=1S/C20H29N5O4/c1-23-9-11-24(12-10-23)14-19(27)25-8-7-21-20(28)17(25)13-18(26)22-15-3-5-16(29-2)6-4-15/h3-6,17H,7-14H2,1-2H3,(H,21,28)(H,22,26)/t17-/m0/s1. The number of nitrogens with zero attached hydrogens (tertiary/aromatic N) is 3. The summed E-state index contributed by atoms with van der Waals surface area (Å²) in [6.45, 7) is 4.58. The van der Waals surface area contributed by atoms with Crippen LogP contribution in [-0.2, 0) is 14.4 Å². The first-order chi connectivity index (χ1) is 14.0. The lowest BCUT2D eigenvalue weighted by Gasteiger charge is -2.37. The van der Waals surface area contributed by atoms with Crippen molar-refractivity contribution < 1.29 is 19.1 Å². The first-order valence-corrected chi connectivity index (χ1v) is 9.88. The van der Waals surface area contributed by atoms with Crippen LogP contribution in [0.4, 0.5) is 5.69 Å². The molecule has 29 heavy (non-hydrogen) atoms. The molecule has 3 rings (SSSR count). The average molecular weight is 403 g/mol. The molecule has 0 aromatic heterocycles. The molecule has 9 nitrogen and oxygen atoms in total. The molecule has 2 aliphatic heterocycles. The van der Waals surface area contributed by atoms with Crippen LogP contribution in [0.15, 0.2) is 24.3 Å². The number of rotatable bonds is 6. The number of amides is 3. The lowest BCUT2D eigenvalue weighted by Crippen LogP contribution is -2.60. The van der Waals surface area contributed by atoms with E-state index >= 15 is 0 Å². The Morgan fingerprint density at radius 3 is 2.48 bits per heavy atom. The van der Waals surface area contributed by atoms with Crippen LogP contribution in [0, 0.1) is 0 Å². The third kappa shape index (κ3) is 5.68. The highest BCUT2D eigenvalue weighted by Gasteiger charge is 2.35. The molecule has 0 unspecified atom stereocenters. The number of hydrogen-bond donors (Lipinski definition) is 2. The van der Waals surface area contributed by atoms with E-state index in [1.807, 2.05) is 0 Å². The van der Waals surface area contributed by atoms with E-state index in [1.165, 1.54) is 0 Å². The number of carbonyl (C=O) groups is 3. The Morgan fingerprint density at radius 1 is 1.14 bits per heavy atom. The summed E-state index contributed by atoms with van der Waals surface area (Å²) in [4.78, 5) is 43.6. The Labute approximate surface area is 171 Å². The molecule has 0 bridgehead atoms. The van der Waals surface area contributed by atoms with E-state index in [4.69, 9.17) is 4.74 Å². The third-order valence-electron chi connectivity index (χ3n) is 5.36. The molecule has 2 heterocycles. The molecule has 1 atom stereocenters. The van der Waals surface area contributed by atoms with Crippen LogP contribution in [0.25, 0.3) is 0 Å². The van der Waals surface area contributed by atoms with Gasteiger partial charge >= 0.3 is 0 Å². The number of carbonyl (C=O) groups excluding carboxylic acids is 3. The second kappa shape index (κ2) is 9.71. The van der Waals surface area contributed by atoms with Gasteiger partial charge in [-0.1, -0.05) is 0 Å². The quantitative estimate of drug-likeness (QED) is 0.671. The van der Waals surface area contributed by atoms with Gasteiger partial charge in [-0.25, -0.2) is 0 Å². The molecule has 2 N–H and O–H groups in total. The smallest absolute Gasteiger partial charge is 0.243 e. The molecule has 0 saturated carbocycles. The van der Waals surface area contributed by atoms with Crippen molar-refractivity contribution in [2.75, 3.05) is 65.3 Å². The van der Waals surface area contributed by atoms with Crippen LogP contribution in [-0.4, -0.2) is 98.4 Å². The van der Waals surface area contributed by atoms with E-state index in [0.29, 0.717) is 24.5 Å². The number of hydrogen-bond acceptors (Lipinski definition) is 6. The van der Waals surface area contributed by atoms with Gasteiger partial charge in [-0.05, 0) is 31.3 Å². The van der Waals surface area contributed by atoms with E-state index < -0.39 is 6.04 Å². The van der Waals surface area contributed by atoms with Crippen LogP contribution in [0.3, 0.4) is 0 Å². The van der Waals surface area contributed by atoms with Crippen molar-refractivity contribution in [3.63, 3.8) is 0 Å². The van der Waals surface area contributed by atoms with E-state index in [9.17, 15) is 14.4 Å². The van der Waals surface area contributed by atoms with Crippen molar-refractivity contribution in [2.45, 2.75) is 12.5 Å². The van der Waals surface area contributed by atoms with Gasteiger partial charge in [0, 0.05) is 45.0 Å². The normalized spacial score (nSPS) is 20.8. The highest BCUT2D eigenvalue weighted by Crippen LogP contribution is 2.17. The number of nitrogens with one attached hydrogen (secondary N) is 2. The molecule has 0 aliphatic carbocycles. The highest BCUT2D eigenvalue weighted by molar-refractivity contribution is 5.97. The topological polar surface area (TPSA) is 94.2 Å². The molecular weight excluding hydrogens is 374 g/mol. The Bertz CT molecular complexity index is 731. The lowest BCUT2D eigenvalue weighted by molar-refractivity contribution is -0.145. The first-order valence-electron chi connectivity index (χ1n) is 9.88. The molecule has 0 spiro atoms. The van der Waals surface area contributed by atoms with Crippen molar-refractivity contribution in [3.8, 4) is 5.75 Å². The Balaban J connectivity index is 1.59. The molecule has 0 radical (unpaired) electrons. The van der Waals surface area contributed by atoms with Crippen molar-refractivity contribution in [1.29, 1.82) is 0 Å². The SMILES string of the molecule is COc1ccc(NC(=O)C[C@H]2C(=O)NCCN2C(=O)CN2CCN(C)CC2)cc1. The summed E-state index contributed by atoms with van der Waals surface area (Å²) in [5.74, 6) is -0.00976. The maximum absolute atomic E-state index is 12.9. The molecule has 2 saturated heterocycles. The summed E-state index contributed by atoms with van der Waals surface area (Å²) in [6.07, 6.45) is -0.0770. The number of ether oxygens (including phenoxy) is 1.